The van der Waals surface area contributed by atoms with Crippen molar-refractivity contribution in [3.63, 3.8) is 0 Å². The van der Waals surface area contributed by atoms with Gasteiger partial charge in [-0.05, 0) is 12.1 Å². The highest BCUT2D eigenvalue weighted by Crippen LogP contribution is 2.37. The summed E-state index contributed by atoms with van der Waals surface area (Å²) in [7, 11) is -4.95. The molecule has 0 saturated carbocycles. The first-order valence-corrected chi connectivity index (χ1v) is 5.44. The van der Waals surface area contributed by atoms with Crippen LogP contribution in [-0.4, -0.2) is 20.4 Å². The van der Waals surface area contributed by atoms with Gasteiger partial charge in [0.1, 0.15) is 5.75 Å². The van der Waals surface area contributed by atoms with Gasteiger partial charge < -0.3 is 14.5 Å². The number of non-ortho nitro benzene ring substituents is 1. The number of nitro benzene ring substituents is 1. The van der Waals surface area contributed by atoms with Crippen molar-refractivity contribution in [2.24, 2.45) is 0 Å². The van der Waals surface area contributed by atoms with Gasteiger partial charge in [-0.1, -0.05) is 0 Å². The number of rotatable bonds is 3. The lowest BCUT2D eigenvalue weighted by Gasteiger charge is -2.04. The van der Waals surface area contributed by atoms with Gasteiger partial charge in [-0.25, -0.2) is 9.36 Å². The Bertz CT molecular complexity index is 462. The van der Waals surface area contributed by atoms with Crippen LogP contribution in [0.15, 0.2) is 24.3 Å². The monoisotopic (exact) mass is 247 g/mol. The Labute approximate surface area is 88.8 Å². The van der Waals surface area contributed by atoms with E-state index in [9.17, 15) is 19.5 Å². The van der Waals surface area contributed by atoms with Crippen LogP contribution in [0.2, 0.25) is 0 Å². The third kappa shape index (κ3) is 3.13. The molecule has 0 unspecified atom stereocenters. The molecule has 0 bridgehead atoms. The first-order valence-electron chi connectivity index (χ1n) is 3.83. The Morgan fingerprint density at radius 3 is 2.19 bits per heavy atom. The molecule has 0 aliphatic carbocycles. The zero-order valence-electron chi connectivity index (χ0n) is 7.64. The molecule has 1 aromatic rings. The predicted octanol–water partition coefficient (Wildman–Crippen LogP) is 1.27. The number of carbonyl (C=O) groups is 1. The van der Waals surface area contributed by atoms with Gasteiger partial charge in [0.15, 0.2) is 0 Å². The van der Waals surface area contributed by atoms with Gasteiger partial charge in [-0.15, -0.1) is 0 Å². The van der Waals surface area contributed by atoms with Gasteiger partial charge in [0.2, 0.25) is 0 Å². The first-order chi connectivity index (χ1) is 7.30. The van der Waals surface area contributed by atoms with Crippen LogP contribution in [0.3, 0.4) is 0 Å². The standard InChI is InChI=1S/C7H6NO7P/c9-7(16(12,13)14)15-6-3-1-5(2-4-6)8(10)11/h1-4H,(H2,12,13,14). The number of benzene rings is 1. The quantitative estimate of drug-likeness (QED) is 0.467. The molecule has 0 aliphatic rings. The summed E-state index contributed by atoms with van der Waals surface area (Å²) in [4.78, 5) is 37.2. The Balaban J connectivity index is 2.81. The van der Waals surface area contributed by atoms with Crippen molar-refractivity contribution in [1.29, 1.82) is 0 Å². The van der Waals surface area contributed by atoms with Crippen molar-refractivity contribution in [2.75, 3.05) is 0 Å². The van der Waals surface area contributed by atoms with E-state index in [0.717, 1.165) is 24.3 Å². The number of carbonyl (C=O) groups excluding carboxylic acids is 1. The molecule has 9 heteroatoms. The normalized spacial score (nSPS) is 10.9. The van der Waals surface area contributed by atoms with E-state index in [1.54, 1.807) is 0 Å². The highest BCUT2D eigenvalue weighted by atomic mass is 31.2. The molecule has 0 atom stereocenters. The number of ether oxygens (including phenoxy) is 1. The zero-order chi connectivity index (χ0) is 12.3. The van der Waals surface area contributed by atoms with Crippen LogP contribution in [0.5, 0.6) is 5.75 Å². The molecule has 2 N–H and O–H groups in total. The Kier molecular flexibility index (Phi) is 3.38. The highest BCUT2D eigenvalue weighted by Gasteiger charge is 2.28. The summed E-state index contributed by atoms with van der Waals surface area (Å²) in [5.74, 6) is -0.182. The fraction of sp³-hybridized carbons (Fsp3) is 0. The third-order valence-electron chi connectivity index (χ3n) is 1.49. The maximum atomic E-state index is 10.7. The zero-order valence-corrected chi connectivity index (χ0v) is 8.53. The van der Waals surface area contributed by atoms with E-state index >= 15 is 0 Å². The lowest BCUT2D eigenvalue weighted by atomic mass is 10.3. The van der Waals surface area contributed by atoms with E-state index in [1.807, 2.05) is 0 Å². The number of hydrogen-bond acceptors (Lipinski definition) is 5. The maximum absolute atomic E-state index is 10.7. The maximum Gasteiger partial charge on any atom is 0.433 e. The molecule has 1 rings (SSSR count). The second kappa shape index (κ2) is 4.40. The van der Waals surface area contributed by atoms with Gasteiger partial charge >= 0.3 is 13.3 Å². The van der Waals surface area contributed by atoms with E-state index in [1.165, 1.54) is 0 Å². The van der Waals surface area contributed by atoms with Crippen molar-refractivity contribution >= 4 is 19.0 Å². The lowest BCUT2D eigenvalue weighted by Crippen LogP contribution is -2.05. The van der Waals surface area contributed by atoms with Crippen molar-refractivity contribution < 1.29 is 28.8 Å². The molecule has 1 aromatic carbocycles. The smallest absolute Gasteiger partial charge is 0.417 e. The van der Waals surface area contributed by atoms with Crippen molar-refractivity contribution in [2.45, 2.75) is 0 Å². The molecule has 0 amide bonds. The van der Waals surface area contributed by atoms with Gasteiger partial charge in [0, 0.05) is 12.1 Å². The summed E-state index contributed by atoms with van der Waals surface area (Å²) in [5.41, 5.74) is -1.93. The lowest BCUT2D eigenvalue weighted by molar-refractivity contribution is -0.384. The van der Waals surface area contributed by atoms with Crippen LogP contribution in [0, 0.1) is 10.1 Å². The number of nitrogens with zero attached hydrogens (tertiary/aromatic N) is 1. The van der Waals surface area contributed by atoms with Crippen molar-refractivity contribution in [3.8, 4) is 5.75 Å². The fourth-order valence-corrected chi connectivity index (χ4v) is 1.02. The van der Waals surface area contributed by atoms with Gasteiger partial charge in [-0.2, -0.15) is 0 Å². The highest BCUT2D eigenvalue weighted by molar-refractivity contribution is 7.69. The Hall–Kier alpha value is -1.76. The average molecular weight is 247 g/mol. The summed E-state index contributed by atoms with van der Waals surface area (Å²) in [5, 5.41) is 10.3. The molecule has 16 heavy (non-hydrogen) atoms. The van der Waals surface area contributed by atoms with Crippen LogP contribution >= 0.6 is 7.60 Å². The van der Waals surface area contributed by atoms with Gasteiger partial charge in [-0.3, -0.25) is 10.1 Å². The van der Waals surface area contributed by atoms with E-state index in [-0.39, 0.29) is 11.4 Å². The van der Waals surface area contributed by atoms with E-state index < -0.39 is 18.2 Å². The molecule has 0 aromatic heterocycles. The van der Waals surface area contributed by atoms with E-state index in [2.05, 4.69) is 4.74 Å². The molecule has 0 spiro atoms. The molecule has 86 valence electrons. The summed E-state index contributed by atoms with van der Waals surface area (Å²) in [6.07, 6.45) is 0. The fourth-order valence-electron chi connectivity index (χ4n) is 0.796. The molecular weight excluding hydrogens is 241 g/mol. The summed E-state index contributed by atoms with van der Waals surface area (Å²) < 4.78 is 14.7. The van der Waals surface area contributed by atoms with Gasteiger partial charge in [0.25, 0.3) is 5.69 Å². The van der Waals surface area contributed by atoms with Crippen molar-refractivity contribution in [1.82, 2.24) is 0 Å². The van der Waals surface area contributed by atoms with Crippen LogP contribution in [0.1, 0.15) is 0 Å². The average Bonchev–Trinajstić information content (AvgIpc) is 2.17. The second-order valence-corrected chi connectivity index (χ2v) is 4.12. The van der Waals surface area contributed by atoms with E-state index in [4.69, 9.17) is 9.79 Å². The van der Waals surface area contributed by atoms with E-state index in [0.29, 0.717) is 0 Å². The minimum Gasteiger partial charge on any atom is -0.417 e. The molecular formula is C7H6NO7P. The predicted molar refractivity (Wildman–Crippen MR) is 51.2 cm³/mol. The summed E-state index contributed by atoms with van der Waals surface area (Å²) in [6, 6.07) is 4.21. The van der Waals surface area contributed by atoms with Gasteiger partial charge in [0.05, 0.1) is 4.92 Å². The largest absolute Gasteiger partial charge is 0.433 e. The topological polar surface area (TPSA) is 127 Å². The number of hydrogen-bond donors (Lipinski definition) is 2. The Morgan fingerprint density at radius 2 is 1.81 bits per heavy atom. The van der Waals surface area contributed by atoms with Crippen molar-refractivity contribution in [3.05, 3.63) is 34.4 Å². The third-order valence-corrected chi connectivity index (χ3v) is 2.06. The molecule has 0 fully saturated rings. The molecule has 8 nitrogen and oxygen atoms in total. The second-order valence-electron chi connectivity index (χ2n) is 2.66. The first kappa shape index (κ1) is 12.3. The molecule has 0 aliphatic heterocycles. The summed E-state index contributed by atoms with van der Waals surface area (Å²) >= 11 is 0. The molecule has 0 saturated heterocycles. The van der Waals surface area contributed by atoms with Crippen LogP contribution in [-0.2, 0) is 4.57 Å². The van der Waals surface area contributed by atoms with Crippen LogP contribution in [0.4, 0.5) is 10.5 Å². The van der Waals surface area contributed by atoms with Crippen LogP contribution in [0.25, 0.3) is 0 Å². The summed E-state index contributed by atoms with van der Waals surface area (Å²) in [6.45, 7) is 0. The minimum absolute atomic E-state index is 0.182. The number of nitro groups is 1. The molecule has 0 heterocycles. The SMILES string of the molecule is O=C(Oc1ccc([N+](=O)[O-])cc1)P(=O)(O)O. The molecule has 0 radical (unpaired) electrons. The Morgan fingerprint density at radius 1 is 1.31 bits per heavy atom. The van der Waals surface area contributed by atoms with Crippen LogP contribution < -0.4 is 4.74 Å². The minimum atomic E-state index is -4.95.